The summed E-state index contributed by atoms with van der Waals surface area (Å²) in [5.41, 5.74) is 0. The lowest BCUT2D eigenvalue weighted by molar-refractivity contribution is -0.110. The maximum atomic E-state index is 10.1. The second kappa shape index (κ2) is 2.51. The van der Waals surface area contributed by atoms with Crippen LogP contribution in [0.2, 0.25) is 0 Å². The van der Waals surface area contributed by atoms with Gasteiger partial charge in [-0.15, -0.1) is 0 Å². The van der Waals surface area contributed by atoms with Crippen molar-refractivity contribution in [2.75, 3.05) is 6.54 Å². The number of nitrogens with zero attached hydrogens (tertiary/aromatic N) is 1. The molecular weight excluding hydrogens is 122 g/mol. The van der Waals surface area contributed by atoms with Crippen molar-refractivity contribution in [1.82, 2.24) is 4.31 Å². The highest BCUT2D eigenvalue weighted by atomic mass is 32.1. The first-order valence-electron chi connectivity index (χ1n) is 2.75. The number of hydrogen-bond acceptors (Lipinski definition) is 3. The lowest BCUT2D eigenvalue weighted by atomic mass is 10.2. The van der Waals surface area contributed by atoms with E-state index in [0.717, 1.165) is 25.7 Å². The minimum Gasteiger partial charge on any atom is -0.302 e. The highest BCUT2D eigenvalue weighted by molar-refractivity contribution is 7.77. The Hall–Kier alpha value is -0.0200. The number of carbonyl (C=O) groups is 1. The molecule has 1 aliphatic rings. The Morgan fingerprint density at radius 1 is 1.75 bits per heavy atom. The average Bonchev–Trinajstić information content (AvgIpc) is 2.14. The fourth-order valence-electron chi connectivity index (χ4n) is 0.916. The van der Waals surface area contributed by atoms with Gasteiger partial charge in [0, 0.05) is 6.54 Å². The molecule has 0 aromatic rings. The highest BCUT2D eigenvalue weighted by Gasteiger charge is 2.19. The summed E-state index contributed by atoms with van der Waals surface area (Å²) >= 11 is 4.07. The van der Waals surface area contributed by atoms with Crippen LogP contribution in [-0.4, -0.2) is 23.2 Å². The van der Waals surface area contributed by atoms with Crippen LogP contribution in [0.4, 0.5) is 0 Å². The molecule has 1 rings (SSSR count). The quantitative estimate of drug-likeness (QED) is 0.413. The van der Waals surface area contributed by atoms with E-state index in [4.69, 9.17) is 0 Å². The summed E-state index contributed by atoms with van der Waals surface area (Å²) in [5, 5.41) is 0. The first-order valence-corrected chi connectivity index (χ1v) is 3.15. The maximum absolute atomic E-state index is 10.1. The van der Waals surface area contributed by atoms with Gasteiger partial charge >= 0.3 is 0 Å². The van der Waals surface area contributed by atoms with Crippen LogP contribution in [0.15, 0.2) is 0 Å². The minimum atomic E-state index is 0.0818. The van der Waals surface area contributed by atoms with Crippen molar-refractivity contribution in [1.29, 1.82) is 0 Å². The molecule has 3 heteroatoms. The van der Waals surface area contributed by atoms with Crippen LogP contribution >= 0.6 is 12.8 Å². The molecule has 1 fully saturated rings. The standard InChI is InChI=1S/C5H9NOS/c7-4-5-2-1-3-6(5)8/h4-5,8H,1-3H2. The Kier molecular flexibility index (Phi) is 1.91. The molecular formula is C5H9NOS. The Labute approximate surface area is 54.4 Å². The normalized spacial score (nSPS) is 30.9. The minimum absolute atomic E-state index is 0.0818. The molecule has 0 aromatic heterocycles. The van der Waals surface area contributed by atoms with Crippen molar-refractivity contribution in [3.63, 3.8) is 0 Å². The molecule has 1 heterocycles. The average molecular weight is 131 g/mol. The first kappa shape index (κ1) is 6.11. The zero-order valence-electron chi connectivity index (χ0n) is 4.58. The zero-order chi connectivity index (χ0) is 5.98. The zero-order valence-corrected chi connectivity index (χ0v) is 5.47. The predicted octanol–water partition coefficient (Wildman–Crippen LogP) is 0.494. The summed E-state index contributed by atoms with van der Waals surface area (Å²) in [7, 11) is 0. The third kappa shape index (κ3) is 1.03. The van der Waals surface area contributed by atoms with Crippen LogP contribution in [0.5, 0.6) is 0 Å². The number of carbonyl (C=O) groups excluding carboxylic acids is 1. The van der Waals surface area contributed by atoms with Crippen LogP contribution in [0.1, 0.15) is 12.8 Å². The van der Waals surface area contributed by atoms with Gasteiger partial charge in [-0.3, -0.25) is 0 Å². The number of rotatable bonds is 1. The van der Waals surface area contributed by atoms with E-state index >= 15 is 0 Å². The van der Waals surface area contributed by atoms with Gasteiger partial charge in [-0.1, -0.05) is 12.8 Å². The predicted molar refractivity (Wildman–Crippen MR) is 34.8 cm³/mol. The van der Waals surface area contributed by atoms with Gasteiger partial charge in [0.25, 0.3) is 0 Å². The van der Waals surface area contributed by atoms with E-state index in [2.05, 4.69) is 12.8 Å². The van der Waals surface area contributed by atoms with Gasteiger partial charge in [-0.05, 0) is 12.8 Å². The summed E-state index contributed by atoms with van der Waals surface area (Å²) in [6, 6.07) is 0.0818. The molecule has 1 atom stereocenters. The van der Waals surface area contributed by atoms with E-state index in [0.29, 0.717) is 0 Å². The molecule has 8 heavy (non-hydrogen) atoms. The van der Waals surface area contributed by atoms with Gasteiger partial charge in [0.05, 0.1) is 6.04 Å². The van der Waals surface area contributed by atoms with Crippen molar-refractivity contribution in [2.45, 2.75) is 18.9 Å². The van der Waals surface area contributed by atoms with Gasteiger partial charge in [0.2, 0.25) is 0 Å². The molecule has 0 saturated carbocycles. The topological polar surface area (TPSA) is 20.3 Å². The molecule has 0 aromatic carbocycles. The van der Waals surface area contributed by atoms with E-state index < -0.39 is 0 Å². The van der Waals surface area contributed by atoms with Crippen LogP contribution < -0.4 is 0 Å². The van der Waals surface area contributed by atoms with Crippen LogP contribution in [0.3, 0.4) is 0 Å². The molecule has 0 radical (unpaired) electrons. The summed E-state index contributed by atoms with van der Waals surface area (Å²) in [5.74, 6) is 0. The lowest BCUT2D eigenvalue weighted by Gasteiger charge is -2.09. The molecule has 1 unspecified atom stereocenters. The fourth-order valence-corrected chi connectivity index (χ4v) is 1.23. The smallest absolute Gasteiger partial charge is 0.138 e. The summed E-state index contributed by atoms with van der Waals surface area (Å²) in [6.07, 6.45) is 3.04. The first-order chi connectivity index (χ1) is 3.84. The van der Waals surface area contributed by atoms with Gasteiger partial charge in [0.1, 0.15) is 6.29 Å². The second-order valence-corrected chi connectivity index (χ2v) is 2.52. The monoisotopic (exact) mass is 131 g/mol. The van der Waals surface area contributed by atoms with Crippen molar-refractivity contribution in [2.24, 2.45) is 0 Å². The Balaban J connectivity index is 2.41. The van der Waals surface area contributed by atoms with Crippen molar-refractivity contribution in [3.8, 4) is 0 Å². The largest absolute Gasteiger partial charge is 0.302 e. The van der Waals surface area contributed by atoms with Gasteiger partial charge < -0.3 is 4.79 Å². The maximum Gasteiger partial charge on any atom is 0.138 e. The van der Waals surface area contributed by atoms with E-state index in [9.17, 15) is 4.79 Å². The van der Waals surface area contributed by atoms with Crippen molar-refractivity contribution >= 4 is 19.1 Å². The van der Waals surface area contributed by atoms with Crippen molar-refractivity contribution in [3.05, 3.63) is 0 Å². The number of thiol groups is 1. The third-order valence-corrected chi connectivity index (χ3v) is 1.92. The molecule has 46 valence electrons. The van der Waals surface area contributed by atoms with E-state index in [-0.39, 0.29) is 6.04 Å². The third-order valence-electron chi connectivity index (χ3n) is 1.43. The van der Waals surface area contributed by atoms with Crippen molar-refractivity contribution < 1.29 is 4.79 Å². The second-order valence-electron chi connectivity index (χ2n) is 2.01. The van der Waals surface area contributed by atoms with E-state index in [1.54, 1.807) is 4.31 Å². The Morgan fingerprint density at radius 3 is 2.75 bits per heavy atom. The molecule has 0 spiro atoms. The van der Waals surface area contributed by atoms with Gasteiger partial charge in [0.15, 0.2) is 0 Å². The molecule has 0 amide bonds. The molecule has 1 saturated heterocycles. The van der Waals surface area contributed by atoms with Crippen LogP contribution in [-0.2, 0) is 4.79 Å². The van der Waals surface area contributed by atoms with Gasteiger partial charge in [-0.2, -0.15) is 0 Å². The SMILES string of the molecule is O=CC1CCCN1S. The summed E-state index contributed by atoms with van der Waals surface area (Å²) in [6.45, 7) is 0.951. The van der Waals surface area contributed by atoms with E-state index in [1.165, 1.54) is 0 Å². The fraction of sp³-hybridized carbons (Fsp3) is 0.800. The van der Waals surface area contributed by atoms with Gasteiger partial charge in [-0.25, -0.2) is 4.31 Å². The Bertz CT molecular complexity index is 96.4. The molecule has 0 N–H and O–H groups in total. The molecule has 1 aliphatic heterocycles. The van der Waals surface area contributed by atoms with E-state index in [1.807, 2.05) is 0 Å². The summed E-state index contributed by atoms with van der Waals surface area (Å²) < 4.78 is 1.78. The Morgan fingerprint density at radius 2 is 2.50 bits per heavy atom. The number of hydrogen-bond donors (Lipinski definition) is 1. The van der Waals surface area contributed by atoms with Crippen LogP contribution in [0, 0.1) is 0 Å². The number of aldehydes is 1. The molecule has 2 nitrogen and oxygen atoms in total. The highest BCUT2D eigenvalue weighted by Crippen LogP contribution is 2.15. The lowest BCUT2D eigenvalue weighted by Crippen LogP contribution is -2.20. The van der Waals surface area contributed by atoms with Crippen LogP contribution in [0.25, 0.3) is 0 Å². The molecule has 0 aliphatic carbocycles. The molecule has 0 bridgehead atoms. The summed E-state index contributed by atoms with van der Waals surface area (Å²) in [4.78, 5) is 10.1.